The third-order valence-electron chi connectivity index (χ3n) is 3.14. The maximum atomic E-state index is 10.5. The molecule has 1 aromatic carbocycles. The molecule has 0 aliphatic carbocycles. The molecule has 2 aromatic heterocycles. The molecule has 0 saturated carbocycles. The Morgan fingerprint density at radius 1 is 1.35 bits per heavy atom. The Labute approximate surface area is 146 Å². The summed E-state index contributed by atoms with van der Waals surface area (Å²) in [6.07, 6.45) is 0. The maximum absolute atomic E-state index is 10.5. The zero-order valence-electron chi connectivity index (χ0n) is 12.5. The van der Waals surface area contributed by atoms with Gasteiger partial charge in [-0.1, -0.05) is 23.9 Å². The summed E-state index contributed by atoms with van der Waals surface area (Å²) < 4.78 is 1.88. The van der Waals surface area contributed by atoms with Crippen LogP contribution >= 0.6 is 34.4 Å². The highest BCUT2D eigenvalue weighted by molar-refractivity contribution is 8.01. The molecule has 23 heavy (non-hydrogen) atoms. The molecule has 0 amide bonds. The summed E-state index contributed by atoms with van der Waals surface area (Å²) in [5.41, 5.74) is 2.03. The Morgan fingerprint density at radius 3 is 2.78 bits per heavy atom. The highest BCUT2D eigenvalue weighted by atomic mass is 32.2. The van der Waals surface area contributed by atoms with Crippen LogP contribution in [0.3, 0.4) is 0 Å². The van der Waals surface area contributed by atoms with Crippen LogP contribution in [0, 0.1) is 18.3 Å². The van der Waals surface area contributed by atoms with Crippen molar-refractivity contribution < 1.29 is 5.11 Å². The Bertz CT molecular complexity index is 887. The fourth-order valence-electron chi connectivity index (χ4n) is 1.99. The van der Waals surface area contributed by atoms with Crippen molar-refractivity contribution in [3.63, 3.8) is 0 Å². The second-order valence-corrected chi connectivity index (χ2v) is 8.35. The largest absolute Gasteiger partial charge is 0.510 e. The molecule has 3 aromatic rings. The summed E-state index contributed by atoms with van der Waals surface area (Å²) in [6.45, 7) is 3.80. The molecule has 1 N–H and O–H groups in total. The van der Waals surface area contributed by atoms with E-state index in [1.807, 2.05) is 43.5 Å². The Morgan fingerprint density at radius 2 is 2.13 bits per heavy atom. The van der Waals surface area contributed by atoms with E-state index < -0.39 is 0 Å². The number of para-hydroxylation sites is 1. The molecule has 0 fully saturated rings. The van der Waals surface area contributed by atoms with Gasteiger partial charge in [-0.25, -0.2) is 9.97 Å². The van der Waals surface area contributed by atoms with Crippen LogP contribution in [-0.4, -0.2) is 20.3 Å². The fraction of sp³-hybridized carbons (Fsp3) is 0.188. The van der Waals surface area contributed by atoms with Crippen LogP contribution in [-0.2, 0) is 0 Å². The number of benzene rings is 1. The predicted octanol–water partition coefficient (Wildman–Crippen LogP) is 5.03. The number of allylic oxidation sites excluding steroid dienone is 1. The number of nitrogens with zero attached hydrogens (tertiary/aromatic N) is 3. The van der Waals surface area contributed by atoms with Gasteiger partial charge in [-0.15, -0.1) is 22.7 Å². The van der Waals surface area contributed by atoms with Crippen molar-refractivity contribution in [2.24, 2.45) is 0 Å². The minimum absolute atomic E-state index is 0.0457. The first kappa shape index (κ1) is 16.0. The third kappa shape index (κ3) is 3.39. The Kier molecular flexibility index (Phi) is 4.66. The van der Waals surface area contributed by atoms with Crippen molar-refractivity contribution in [2.75, 3.05) is 0 Å². The lowest BCUT2D eigenvalue weighted by Crippen LogP contribution is -2.03. The lowest BCUT2D eigenvalue weighted by atomic mass is 10.2. The molecule has 0 bridgehead atoms. The van der Waals surface area contributed by atoms with Crippen LogP contribution in [0.25, 0.3) is 15.8 Å². The van der Waals surface area contributed by atoms with Crippen molar-refractivity contribution in [1.29, 1.82) is 5.26 Å². The van der Waals surface area contributed by atoms with Gasteiger partial charge in [-0.2, -0.15) is 5.26 Å². The number of hydrogen-bond donors (Lipinski definition) is 1. The lowest BCUT2D eigenvalue weighted by molar-refractivity contribution is 0.402. The van der Waals surface area contributed by atoms with E-state index in [1.165, 1.54) is 34.4 Å². The van der Waals surface area contributed by atoms with Crippen LogP contribution < -0.4 is 0 Å². The number of hydrogen-bond acceptors (Lipinski definition) is 7. The molecule has 0 spiro atoms. The standard InChI is InChI=1S/C16H13N3OS3/c1-9-8-21-16(18-9)22-10(2)14(20)11(7-17)15-19-12-5-3-4-6-13(12)23-15/h3-6,8,10,20H,1-2H3/b14-11-. The zero-order valence-corrected chi connectivity index (χ0v) is 14.9. The third-order valence-corrected chi connectivity index (χ3v) is 6.39. The Balaban J connectivity index is 1.93. The number of aromatic nitrogens is 2. The summed E-state index contributed by atoms with van der Waals surface area (Å²) >= 11 is 4.39. The van der Waals surface area contributed by atoms with Gasteiger partial charge in [0.05, 0.1) is 15.5 Å². The number of aliphatic hydroxyl groups excluding tert-OH is 1. The fourth-order valence-corrected chi connectivity index (χ4v) is 5.01. The first-order valence-corrected chi connectivity index (χ1v) is 9.44. The average molecular weight is 360 g/mol. The maximum Gasteiger partial charge on any atom is 0.150 e. The molecular weight excluding hydrogens is 346 g/mol. The highest BCUT2D eigenvalue weighted by Crippen LogP contribution is 2.34. The molecule has 0 aliphatic rings. The molecular formula is C16H13N3OS3. The molecule has 1 unspecified atom stereocenters. The molecule has 0 radical (unpaired) electrons. The second-order valence-electron chi connectivity index (χ2n) is 4.87. The summed E-state index contributed by atoms with van der Waals surface area (Å²) in [4.78, 5) is 8.83. The van der Waals surface area contributed by atoms with Gasteiger partial charge < -0.3 is 5.11 Å². The lowest BCUT2D eigenvalue weighted by Gasteiger charge is -2.09. The number of aliphatic hydroxyl groups is 1. The molecule has 0 saturated heterocycles. The van der Waals surface area contributed by atoms with E-state index in [-0.39, 0.29) is 16.6 Å². The topological polar surface area (TPSA) is 69.8 Å². The van der Waals surface area contributed by atoms with Gasteiger partial charge in [0.2, 0.25) is 0 Å². The molecule has 4 nitrogen and oxygen atoms in total. The highest BCUT2D eigenvalue weighted by Gasteiger charge is 2.20. The number of rotatable bonds is 4. The summed E-state index contributed by atoms with van der Waals surface area (Å²) in [5.74, 6) is 0.0457. The number of fused-ring (bicyclic) bond motifs is 1. The first-order valence-electron chi connectivity index (χ1n) is 6.86. The molecule has 116 valence electrons. The molecule has 2 heterocycles. The van der Waals surface area contributed by atoms with Crippen LogP contribution in [0.1, 0.15) is 17.6 Å². The zero-order chi connectivity index (χ0) is 16.4. The number of aryl methyl sites for hydroxylation is 1. The molecule has 0 aliphatic heterocycles. The van der Waals surface area contributed by atoms with Crippen molar-refractivity contribution in [1.82, 2.24) is 9.97 Å². The monoisotopic (exact) mass is 359 g/mol. The van der Waals surface area contributed by atoms with Gasteiger partial charge in [0.1, 0.15) is 22.4 Å². The van der Waals surface area contributed by atoms with Gasteiger partial charge in [-0.05, 0) is 26.0 Å². The predicted molar refractivity (Wildman–Crippen MR) is 97.0 cm³/mol. The SMILES string of the molecule is Cc1csc(SC(C)/C(O)=C(\C#N)c2nc3ccccc3s2)n1. The number of thioether (sulfide) groups is 1. The summed E-state index contributed by atoms with van der Waals surface area (Å²) in [7, 11) is 0. The molecule has 7 heteroatoms. The number of thiazole rings is 2. The van der Waals surface area contributed by atoms with Crippen molar-refractivity contribution in [2.45, 2.75) is 23.4 Å². The summed E-state index contributed by atoms with van der Waals surface area (Å²) in [6, 6.07) is 9.80. The van der Waals surface area contributed by atoms with Gasteiger partial charge >= 0.3 is 0 Å². The van der Waals surface area contributed by atoms with Gasteiger partial charge in [0, 0.05) is 11.1 Å². The van der Waals surface area contributed by atoms with Gasteiger partial charge in [-0.3, -0.25) is 0 Å². The van der Waals surface area contributed by atoms with E-state index in [0.29, 0.717) is 5.01 Å². The smallest absolute Gasteiger partial charge is 0.150 e. The van der Waals surface area contributed by atoms with Gasteiger partial charge in [0.15, 0.2) is 4.34 Å². The minimum Gasteiger partial charge on any atom is -0.510 e. The quantitative estimate of drug-likeness (QED) is 0.402. The van der Waals surface area contributed by atoms with Crippen molar-refractivity contribution >= 4 is 50.2 Å². The van der Waals surface area contributed by atoms with Crippen molar-refractivity contribution in [3.8, 4) is 6.07 Å². The minimum atomic E-state index is -0.262. The van der Waals surface area contributed by atoms with E-state index in [2.05, 4.69) is 16.0 Å². The van der Waals surface area contributed by atoms with Gasteiger partial charge in [0.25, 0.3) is 0 Å². The number of nitriles is 1. The van der Waals surface area contributed by atoms with E-state index in [0.717, 1.165) is 20.3 Å². The summed E-state index contributed by atoms with van der Waals surface area (Å²) in [5, 5.41) is 22.2. The molecule has 3 rings (SSSR count). The van der Waals surface area contributed by atoms with Crippen LogP contribution in [0.4, 0.5) is 0 Å². The Hall–Kier alpha value is -1.88. The average Bonchev–Trinajstić information content (AvgIpc) is 3.13. The van der Waals surface area contributed by atoms with E-state index in [1.54, 1.807) is 0 Å². The van der Waals surface area contributed by atoms with Crippen molar-refractivity contribution in [3.05, 3.63) is 46.1 Å². The van der Waals surface area contributed by atoms with Crippen LogP contribution in [0.5, 0.6) is 0 Å². The van der Waals surface area contributed by atoms with Crippen LogP contribution in [0.2, 0.25) is 0 Å². The first-order chi connectivity index (χ1) is 11.1. The normalized spacial score (nSPS) is 13.6. The van der Waals surface area contributed by atoms with Crippen LogP contribution in [0.15, 0.2) is 39.7 Å². The van der Waals surface area contributed by atoms with E-state index >= 15 is 0 Å². The van der Waals surface area contributed by atoms with E-state index in [4.69, 9.17) is 0 Å². The van der Waals surface area contributed by atoms with E-state index in [9.17, 15) is 10.4 Å². The molecule has 1 atom stereocenters. The second kappa shape index (κ2) is 6.71.